The Labute approximate surface area is 94.3 Å². The summed E-state index contributed by atoms with van der Waals surface area (Å²) in [4.78, 5) is 0. The molecule has 0 radical (unpaired) electrons. The van der Waals surface area contributed by atoms with Gasteiger partial charge in [0.15, 0.2) is 0 Å². The Balaban J connectivity index is 4.74. The molecule has 0 bridgehead atoms. The number of rotatable bonds is 5. The standard InChI is InChI=1S/C10H28NPSi2/c1-9-10-12(2)11(13(3,4)5)14(6,7)8/h9-10H2,1-8H3. The second-order valence-corrected chi connectivity index (χ2v) is 19.0. The lowest BCUT2D eigenvalue weighted by atomic mass is 10.6. The summed E-state index contributed by atoms with van der Waals surface area (Å²) in [5.41, 5.74) is 0. The smallest absolute Gasteiger partial charge is 0.116 e. The van der Waals surface area contributed by atoms with E-state index in [0.29, 0.717) is 0 Å². The summed E-state index contributed by atoms with van der Waals surface area (Å²) in [7, 11) is -2.06. The highest BCUT2D eigenvalue weighted by Crippen LogP contribution is 2.44. The van der Waals surface area contributed by atoms with Crippen LogP contribution in [-0.2, 0) is 0 Å². The first kappa shape index (κ1) is 14.8. The summed E-state index contributed by atoms with van der Waals surface area (Å²) in [6.07, 6.45) is 2.76. The van der Waals surface area contributed by atoms with Gasteiger partial charge in [0, 0.05) is 0 Å². The first-order chi connectivity index (χ1) is 6.10. The van der Waals surface area contributed by atoms with Gasteiger partial charge in [-0.2, -0.15) is 0 Å². The van der Waals surface area contributed by atoms with Crippen LogP contribution in [-0.4, -0.2) is 33.3 Å². The number of hydrogen-bond donors (Lipinski definition) is 0. The van der Waals surface area contributed by atoms with E-state index in [1.54, 1.807) is 0 Å². The van der Waals surface area contributed by atoms with Crippen molar-refractivity contribution in [1.29, 1.82) is 0 Å². The molecule has 0 rings (SSSR count). The Kier molecular flexibility index (Phi) is 5.55. The van der Waals surface area contributed by atoms with Crippen molar-refractivity contribution in [2.24, 2.45) is 0 Å². The molecule has 0 saturated carbocycles. The minimum atomic E-state index is -1.10. The van der Waals surface area contributed by atoms with Gasteiger partial charge in [-0.1, -0.05) is 60.7 Å². The summed E-state index contributed by atoms with van der Waals surface area (Å²) in [6.45, 7) is 19.8. The molecule has 0 aliphatic carbocycles. The van der Waals surface area contributed by atoms with Crippen molar-refractivity contribution >= 4 is 24.5 Å². The zero-order valence-electron chi connectivity index (χ0n) is 11.3. The molecule has 1 unspecified atom stereocenters. The van der Waals surface area contributed by atoms with Crippen LogP contribution >= 0.6 is 8.07 Å². The normalized spacial score (nSPS) is 16.1. The van der Waals surface area contributed by atoms with E-state index in [1.807, 2.05) is 0 Å². The molecule has 0 aliphatic rings. The van der Waals surface area contributed by atoms with Crippen LogP contribution in [0.3, 0.4) is 0 Å². The maximum absolute atomic E-state index is 2.97. The highest BCUT2D eigenvalue weighted by atomic mass is 31.1. The van der Waals surface area contributed by atoms with Crippen LogP contribution < -0.4 is 0 Å². The van der Waals surface area contributed by atoms with Gasteiger partial charge in [0.2, 0.25) is 0 Å². The van der Waals surface area contributed by atoms with Crippen molar-refractivity contribution in [2.75, 3.05) is 12.8 Å². The van der Waals surface area contributed by atoms with E-state index in [4.69, 9.17) is 0 Å². The van der Waals surface area contributed by atoms with Crippen LogP contribution in [0.2, 0.25) is 39.3 Å². The molecule has 0 saturated heterocycles. The monoisotopic (exact) mass is 249 g/mol. The molecule has 0 spiro atoms. The Morgan fingerprint density at radius 2 is 1.29 bits per heavy atom. The van der Waals surface area contributed by atoms with Crippen molar-refractivity contribution in [3.63, 3.8) is 0 Å². The topological polar surface area (TPSA) is 3.24 Å². The number of nitrogens with zero attached hydrogens (tertiary/aromatic N) is 1. The minimum absolute atomic E-state index is 0.137. The highest BCUT2D eigenvalue weighted by molar-refractivity contribution is 7.59. The van der Waals surface area contributed by atoms with Gasteiger partial charge >= 0.3 is 0 Å². The zero-order chi connectivity index (χ0) is 11.6. The summed E-state index contributed by atoms with van der Waals surface area (Å²) < 4.78 is 2.97. The molecule has 1 nitrogen and oxygen atoms in total. The molecule has 4 heteroatoms. The first-order valence-corrected chi connectivity index (χ1v) is 14.4. The fourth-order valence-electron chi connectivity index (χ4n) is 2.45. The molecule has 0 amide bonds. The lowest BCUT2D eigenvalue weighted by Gasteiger charge is -2.47. The van der Waals surface area contributed by atoms with Crippen LogP contribution in [0.5, 0.6) is 0 Å². The zero-order valence-corrected chi connectivity index (χ0v) is 14.2. The van der Waals surface area contributed by atoms with Gasteiger partial charge in [0.1, 0.15) is 16.5 Å². The van der Waals surface area contributed by atoms with Crippen molar-refractivity contribution in [1.82, 2.24) is 4.00 Å². The third-order valence-corrected chi connectivity index (χ3v) is 16.2. The van der Waals surface area contributed by atoms with E-state index >= 15 is 0 Å². The van der Waals surface area contributed by atoms with Gasteiger partial charge in [-0.05, 0) is 12.8 Å². The Morgan fingerprint density at radius 1 is 0.929 bits per heavy atom. The lowest BCUT2D eigenvalue weighted by molar-refractivity contribution is 0.947. The molecule has 0 fully saturated rings. The lowest BCUT2D eigenvalue weighted by Crippen LogP contribution is -2.55. The maximum atomic E-state index is 2.97. The third-order valence-electron chi connectivity index (χ3n) is 2.16. The van der Waals surface area contributed by atoms with Crippen LogP contribution in [0.25, 0.3) is 0 Å². The average molecular weight is 249 g/mol. The van der Waals surface area contributed by atoms with Gasteiger partial charge in [0.05, 0.1) is 0 Å². The molecule has 0 aromatic heterocycles. The third kappa shape index (κ3) is 4.56. The molecule has 0 aliphatic heterocycles. The molecule has 0 aromatic carbocycles. The second kappa shape index (κ2) is 5.24. The van der Waals surface area contributed by atoms with E-state index in [0.717, 1.165) is 0 Å². The van der Waals surface area contributed by atoms with E-state index < -0.39 is 16.5 Å². The average Bonchev–Trinajstić information content (AvgIpc) is 1.78. The van der Waals surface area contributed by atoms with Crippen molar-refractivity contribution in [3.8, 4) is 0 Å². The van der Waals surface area contributed by atoms with Gasteiger partial charge in [-0.15, -0.1) is 0 Å². The SMILES string of the molecule is CCCP(C)N([Si](C)(C)C)[Si](C)(C)C. The first-order valence-electron chi connectivity index (χ1n) is 5.62. The van der Waals surface area contributed by atoms with E-state index in [9.17, 15) is 0 Å². The molecule has 0 aromatic rings. The van der Waals surface area contributed by atoms with Crippen molar-refractivity contribution < 1.29 is 0 Å². The molecule has 86 valence electrons. The molecule has 14 heavy (non-hydrogen) atoms. The molecular weight excluding hydrogens is 221 g/mol. The quantitative estimate of drug-likeness (QED) is 0.516. The maximum Gasteiger partial charge on any atom is 0.116 e. The Morgan fingerprint density at radius 3 is 1.50 bits per heavy atom. The van der Waals surface area contributed by atoms with Crippen molar-refractivity contribution in [3.05, 3.63) is 0 Å². The largest absolute Gasteiger partial charge is 0.324 e. The minimum Gasteiger partial charge on any atom is -0.324 e. The van der Waals surface area contributed by atoms with Crippen LogP contribution in [0, 0.1) is 0 Å². The molecule has 1 atom stereocenters. The summed E-state index contributed by atoms with van der Waals surface area (Å²) in [6, 6.07) is 0. The fourth-order valence-corrected chi connectivity index (χ4v) is 20.1. The Bertz CT molecular complexity index is 158. The highest BCUT2D eigenvalue weighted by Gasteiger charge is 2.37. The van der Waals surface area contributed by atoms with E-state index in [-0.39, 0.29) is 8.07 Å². The predicted molar refractivity (Wildman–Crippen MR) is 76.5 cm³/mol. The second-order valence-electron chi connectivity index (χ2n) is 6.03. The predicted octanol–water partition coefficient (Wildman–Crippen LogP) is 4.39. The van der Waals surface area contributed by atoms with Crippen molar-refractivity contribution in [2.45, 2.75) is 52.6 Å². The summed E-state index contributed by atoms with van der Waals surface area (Å²) in [5.74, 6) is 0. The van der Waals surface area contributed by atoms with Crippen LogP contribution in [0.15, 0.2) is 0 Å². The van der Waals surface area contributed by atoms with Crippen LogP contribution in [0.1, 0.15) is 13.3 Å². The molecule has 0 heterocycles. The Hall–Kier alpha value is 0.824. The van der Waals surface area contributed by atoms with Gasteiger partial charge in [-0.3, -0.25) is 0 Å². The van der Waals surface area contributed by atoms with Gasteiger partial charge in [0.25, 0.3) is 0 Å². The summed E-state index contributed by atoms with van der Waals surface area (Å²) >= 11 is 0. The van der Waals surface area contributed by atoms with Gasteiger partial charge in [-0.25, -0.2) is 0 Å². The van der Waals surface area contributed by atoms with E-state index in [2.05, 4.69) is 56.9 Å². The molecular formula is C10H28NPSi2. The summed E-state index contributed by atoms with van der Waals surface area (Å²) in [5, 5.41) is 0. The fraction of sp³-hybridized carbons (Fsp3) is 1.00. The van der Waals surface area contributed by atoms with Crippen LogP contribution in [0.4, 0.5) is 0 Å². The molecule has 0 N–H and O–H groups in total. The van der Waals surface area contributed by atoms with Gasteiger partial charge < -0.3 is 4.00 Å². The van der Waals surface area contributed by atoms with E-state index in [1.165, 1.54) is 12.6 Å². The number of hydrogen-bond acceptors (Lipinski definition) is 1.